The van der Waals surface area contributed by atoms with Crippen molar-refractivity contribution in [3.63, 3.8) is 0 Å². The molecule has 0 aromatic carbocycles. The van der Waals surface area contributed by atoms with Crippen LogP contribution in [0.15, 0.2) is 27.5 Å². The van der Waals surface area contributed by atoms with Gasteiger partial charge in [0.2, 0.25) is 0 Å². The molecule has 2 aromatic rings. The third kappa shape index (κ3) is 4.49. The van der Waals surface area contributed by atoms with Gasteiger partial charge in [0.1, 0.15) is 0 Å². The highest BCUT2D eigenvalue weighted by Gasteiger charge is 2.14. The first-order chi connectivity index (χ1) is 10.1. The summed E-state index contributed by atoms with van der Waals surface area (Å²) < 4.78 is 15.6. The van der Waals surface area contributed by atoms with E-state index in [0.29, 0.717) is 24.5 Å². The molecule has 0 unspecified atom stereocenters. The van der Waals surface area contributed by atoms with Gasteiger partial charge in [-0.1, -0.05) is 6.92 Å². The van der Waals surface area contributed by atoms with Crippen LogP contribution >= 0.6 is 27.3 Å². The van der Waals surface area contributed by atoms with Crippen molar-refractivity contribution < 1.29 is 4.39 Å². The smallest absolute Gasteiger partial charge is 0.170 e. The van der Waals surface area contributed by atoms with Crippen molar-refractivity contribution in [3.8, 4) is 0 Å². The van der Waals surface area contributed by atoms with Crippen LogP contribution in [0.3, 0.4) is 0 Å². The van der Waals surface area contributed by atoms with E-state index in [9.17, 15) is 4.39 Å². The number of aromatic nitrogens is 1. The molecule has 6 heteroatoms. The largest absolute Gasteiger partial charge is 0.353 e. The highest BCUT2D eigenvalue weighted by molar-refractivity contribution is 9.11. The average Bonchev–Trinajstić information content (AvgIpc) is 2.86. The summed E-state index contributed by atoms with van der Waals surface area (Å²) in [5.74, 6) is 0.158. The Morgan fingerprint density at radius 2 is 2.29 bits per heavy atom. The van der Waals surface area contributed by atoms with E-state index in [4.69, 9.17) is 0 Å². The molecule has 0 amide bonds. The van der Waals surface area contributed by atoms with Crippen molar-refractivity contribution in [1.82, 2.24) is 10.3 Å². The van der Waals surface area contributed by atoms with Gasteiger partial charge in [0, 0.05) is 31.9 Å². The normalized spacial score (nSPS) is 10.9. The maximum atomic E-state index is 14.5. The minimum absolute atomic E-state index is 0.238. The van der Waals surface area contributed by atoms with Crippen LogP contribution in [0.25, 0.3) is 0 Å². The van der Waals surface area contributed by atoms with Crippen LogP contribution in [0.4, 0.5) is 10.2 Å². The first-order valence-corrected chi connectivity index (χ1v) is 8.57. The molecule has 0 radical (unpaired) electrons. The van der Waals surface area contributed by atoms with Gasteiger partial charge in [-0.3, -0.25) is 0 Å². The minimum Gasteiger partial charge on any atom is -0.353 e. The summed E-state index contributed by atoms with van der Waals surface area (Å²) in [5.41, 5.74) is 1.80. The van der Waals surface area contributed by atoms with E-state index in [-0.39, 0.29) is 5.82 Å². The monoisotopic (exact) mass is 371 g/mol. The van der Waals surface area contributed by atoms with Gasteiger partial charge in [0.15, 0.2) is 11.6 Å². The molecular weight excluding hydrogens is 353 g/mol. The van der Waals surface area contributed by atoms with E-state index in [2.05, 4.69) is 38.5 Å². The van der Waals surface area contributed by atoms with E-state index in [1.54, 1.807) is 23.6 Å². The van der Waals surface area contributed by atoms with Crippen molar-refractivity contribution >= 4 is 33.1 Å². The number of hydrogen-bond acceptors (Lipinski definition) is 4. The van der Waals surface area contributed by atoms with Gasteiger partial charge in [-0.05, 0) is 52.0 Å². The number of nitrogens with one attached hydrogen (secondary N) is 1. The predicted octanol–water partition coefficient (Wildman–Crippen LogP) is 4.18. The Labute approximate surface area is 137 Å². The lowest BCUT2D eigenvalue weighted by molar-refractivity contribution is 0.577. The van der Waals surface area contributed by atoms with Crippen molar-refractivity contribution in [2.75, 3.05) is 18.5 Å². The number of thiophene rings is 1. The molecule has 0 bridgehead atoms. The highest BCUT2D eigenvalue weighted by atomic mass is 79.9. The number of pyridine rings is 1. The first kappa shape index (κ1) is 16.4. The molecule has 0 saturated carbocycles. The van der Waals surface area contributed by atoms with Crippen LogP contribution in [0, 0.1) is 5.82 Å². The second-order valence-electron chi connectivity index (χ2n) is 4.90. The van der Waals surface area contributed by atoms with Crippen molar-refractivity contribution in [2.45, 2.75) is 26.4 Å². The van der Waals surface area contributed by atoms with E-state index < -0.39 is 0 Å². The molecule has 21 heavy (non-hydrogen) atoms. The van der Waals surface area contributed by atoms with E-state index in [1.807, 2.05) is 18.0 Å². The lowest BCUT2D eigenvalue weighted by Gasteiger charge is -2.19. The summed E-state index contributed by atoms with van der Waals surface area (Å²) in [7, 11) is 1.86. The van der Waals surface area contributed by atoms with Crippen LogP contribution in [-0.2, 0) is 13.1 Å². The SMILES string of the molecule is CCCNCc1ccnc(N(C)Cc2csc(Br)c2)c1F. The topological polar surface area (TPSA) is 28.2 Å². The number of nitrogens with zero attached hydrogens (tertiary/aromatic N) is 2. The zero-order valence-corrected chi connectivity index (χ0v) is 14.6. The Bertz CT molecular complexity index is 588. The Balaban J connectivity index is 2.09. The third-order valence-corrected chi connectivity index (χ3v) is 4.65. The van der Waals surface area contributed by atoms with Crippen LogP contribution in [0.5, 0.6) is 0 Å². The maximum absolute atomic E-state index is 14.5. The summed E-state index contributed by atoms with van der Waals surface area (Å²) in [6.07, 6.45) is 2.70. The minimum atomic E-state index is -0.238. The Hall–Kier alpha value is -0.980. The van der Waals surface area contributed by atoms with E-state index in [1.165, 1.54) is 0 Å². The van der Waals surface area contributed by atoms with Crippen LogP contribution in [-0.4, -0.2) is 18.6 Å². The average molecular weight is 372 g/mol. The molecule has 114 valence electrons. The standard InChI is InChI=1S/C15H19BrFN3S/c1-3-5-18-8-12-4-6-19-15(14(12)17)20(2)9-11-7-13(16)21-10-11/h4,6-7,10,18H,3,5,8-9H2,1-2H3. The summed E-state index contributed by atoms with van der Waals surface area (Å²) in [5, 5.41) is 5.28. The van der Waals surface area contributed by atoms with Gasteiger partial charge < -0.3 is 10.2 Å². The van der Waals surface area contributed by atoms with Gasteiger partial charge in [-0.25, -0.2) is 9.37 Å². The van der Waals surface area contributed by atoms with Gasteiger partial charge >= 0.3 is 0 Å². The summed E-state index contributed by atoms with van der Waals surface area (Å²) in [6, 6.07) is 3.78. The predicted molar refractivity (Wildman–Crippen MR) is 90.3 cm³/mol. The molecule has 0 saturated heterocycles. The van der Waals surface area contributed by atoms with E-state index >= 15 is 0 Å². The first-order valence-electron chi connectivity index (χ1n) is 6.90. The van der Waals surface area contributed by atoms with E-state index in [0.717, 1.165) is 22.3 Å². The highest BCUT2D eigenvalue weighted by Crippen LogP contribution is 2.24. The van der Waals surface area contributed by atoms with Gasteiger partial charge in [-0.2, -0.15) is 0 Å². The molecule has 0 aliphatic rings. The number of hydrogen-bond donors (Lipinski definition) is 1. The van der Waals surface area contributed by atoms with Crippen molar-refractivity contribution in [3.05, 3.63) is 44.4 Å². The molecule has 0 spiro atoms. The molecule has 3 nitrogen and oxygen atoms in total. The zero-order chi connectivity index (χ0) is 15.2. The van der Waals surface area contributed by atoms with Crippen molar-refractivity contribution in [1.29, 1.82) is 0 Å². The second kappa shape index (κ2) is 7.87. The number of anilines is 1. The molecule has 0 aliphatic carbocycles. The van der Waals surface area contributed by atoms with Crippen LogP contribution in [0.2, 0.25) is 0 Å². The number of rotatable bonds is 7. The lowest BCUT2D eigenvalue weighted by Crippen LogP contribution is -2.21. The molecule has 0 fully saturated rings. The fourth-order valence-corrected chi connectivity index (χ4v) is 3.25. The zero-order valence-electron chi connectivity index (χ0n) is 12.2. The molecule has 1 N–H and O–H groups in total. The lowest BCUT2D eigenvalue weighted by atomic mass is 10.2. The molecular formula is C15H19BrFN3S. The van der Waals surface area contributed by atoms with Gasteiger partial charge in [0.25, 0.3) is 0 Å². The summed E-state index contributed by atoms with van der Waals surface area (Å²) >= 11 is 5.07. The number of halogens is 2. The van der Waals surface area contributed by atoms with Gasteiger partial charge in [0.05, 0.1) is 3.79 Å². The molecule has 0 atom stereocenters. The van der Waals surface area contributed by atoms with Crippen molar-refractivity contribution in [2.24, 2.45) is 0 Å². The summed E-state index contributed by atoms with van der Waals surface area (Å²) in [6.45, 7) is 4.15. The fraction of sp³-hybridized carbons (Fsp3) is 0.400. The quantitative estimate of drug-likeness (QED) is 0.739. The molecule has 2 heterocycles. The Kier molecular flexibility index (Phi) is 6.14. The maximum Gasteiger partial charge on any atom is 0.170 e. The summed E-state index contributed by atoms with van der Waals surface area (Å²) in [4.78, 5) is 6.03. The second-order valence-corrected chi connectivity index (χ2v) is 7.19. The Morgan fingerprint density at radius 1 is 1.48 bits per heavy atom. The van der Waals surface area contributed by atoms with Crippen LogP contribution < -0.4 is 10.2 Å². The molecule has 0 aliphatic heterocycles. The van der Waals surface area contributed by atoms with Crippen LogP contribution in [0.1, 0.15) is 24.5 Å². The Morgan fingerprint density at radius 3 is 2.95 bits per heavy atom. The fourth-order valence-electron chi connectivity index (χ4n) is 2.05. The molecule has 2 aromatic heterocycles. The molecule has 2 rings (SSSR count). The third-order valence-electron chi connectivity index (χ3n) is 3.10. The van der Waals surface area contributed by atoms with Gasteiger partial charge in [-0.15, -0.1) is 11.3 Å².